The Morgan fingerprint density at radius 3 is 1.71 bits per heavy atom. The van der Waals surface area contributed by atoms with E-state index in [1.165, 1.54) is 0 Å². The molecule has 9 nitrogen and oxygen atoms in total. The van der Waals surface area contributed by atoms with Gasteiger partial charge in [0.15, 0.2) is 12.4 Å². The van der Waals surface area contributed by atoms with Crippen molar-refractivity contribution in [2.75, 3.05) is 29.5 Å². The average molecular weight is 665 g/mol. The zero-order chi connectivity index (χ0) is 35.3. The summed E-state index contributed by atoms with van der Waals surface area (Å²) in [5.74, 6) is 0.613. The first-order valence-electron chi connectivity index (χ1n) is 16.4. The molecule has 2 amide bonds. The molecule has 1 N–H and O–H groups in total. The Bertz CT molecular complexity index is 1810. The van der Waals surface area contributed by atoms with Crippen LogP contribution in [0, 0.1) is 0 Å². The van der Waals surface area contributed by atoms with Crippen molar-refractivity contribution in [2.24, 2.45) is 0 Å². The predicted octanol–water partition coefficient (Wildman–Crippen LogP) is 8.60. The fraction of sp³-hybridized carbons (Fsp3) is 0.325. The maximum absolute atomic E-state index is 12.6. The summed E-state index contributed by atoms with van der Waals surface area (Å²) >= 11 is 0. The zero-order valence-corrected chi connectivity index (χ0v) is 29.0. The van der Waals surface area contributed by atoms with E-state index in [9.17, 15) is 19.5 Å². The molecule has 0 fully saturated rings. The Morgan fingerprint density at radius 2 is 1.16 bits per heavy atom. The van der Waals surface area contributed by atoms with Gasteiger partial charge in [-0.15, -0.1) is 0 Å². The third-order valence-corrected chi connectivity index (χ3v) is 7.83. The highest BCUT2D eigenvalue weighted by Gasteiger charge is 2.30. The van der Waals surface area contributed by atoms with Gasteiger partial charge >= 0.3 is 12.2 Å². The first-order chi connectivity index (χ1) is 23.2. The summed E-state index contributed by atoms with van der Waals surface area (Å²) in [6, 6.07) is 28.2. The zero-order valence-electron chi connectivity index (χ0n) is 29.0. The standard InChI is InChI=1S/C27H27NO4.C13H17NO3/c1-27(2,3)32-26(30)28-16-15-21-13-14-23(17-24(21)28)31-18-25(29)22-11-9-20(10-12-22)19-7-5-4-6-8-19;1-13(2,3)17-12(16)14-7-6-9-4-5-10(15)8-11(9)14/h4-14,17H,15-16,18H2,1-3H3;4-5,8,15H,6-7H2,1-3H3. The van der Waals surface area contributed by atoms with Crippen LogP contribution in [0.1, 0.15) is 63.0 Å². The summed E-state index contributed by atoms with van der Waals surface area (Å²) in [4.78, 5) is 40.3. The van der Waals surface area contributed by atoms with Gasteiger partial charge in [-0.2, -0.15) is 0 Å². The van der Waals surface area contributed by atoms with Gasteiger partial charge in [-0.1, -0.05) is 66.7 Å². The van der Waals surface area contributed by atoms with E-state index in [4.69, 9.17) is 14.2 Å². The molecule has 0 aliphatic carbocycles. The van der Waals surface area contributed by atoms with Crippen molar-refractivity contribution in [3.63, 3.8) is 0 Å². The van der Waals surface area contributed by atoms with E-state index >= 15 is 0 Å². The van der Waals surface area contributed by atoms with E-state index in [-0.39, 0.29) is 30.3 Å². The number of hydrogen-bond acceptors (Lipinski definition) is 7. The van der Waals surface area contributed by atoms with Crippen LogP contribution in [0.15, 0.2) is 91.0 Å². The van der Waals surface area contributed by atoms with E-state index in [0.29, 0.717) is 24.4 Å². The second-order valence-electron chi connectivity index (χ2n) is 14.0. The van der Waals surface area contributed by atoms with E-state index in [2.05, 4.69) is 0 Å². The van der Waals surface area contributed by atoms with Crippen molar-refractivity contribution in [1.82, 2.24) is 0 Å². The Morgan fingerprint density at radius 1 is 0.653 bits per heavy atom. The normalized spacial score (nSPS) is 13.5. The molecule has 256 valence electrons. The number of benzene rings is 4. The molecule has 4 aromatic carbocycles. The molecule has 2 aliphatic heterocycles. The van der Waals surface area contributed by atoms with Crippen LogP contribution in [-0.4, -0.2) is 54.0 Å². The quantitative estimate of drug-likeness (QED) is 0.213. The number of Topliss-reactive ketones (excluding diaryl/α,β-unsaturated/α-hetero) is 1. The van der Waals surface area contributed by atoms with Crippen molar-refractivity contribution in [3.05, 3.63) is 108 Å². The lowest BCUT2D eigenvalue weighted by Gasteiger charge is -2.25. The number of ether oxygens (including phenoxy) is 3. The second-order valence-corrected chi connectivity index (χ2v) is 14.0. The lowest BCUT2D eigenvalue weighted by atomic mass is 10.0. The van der Waals surface area contributed by atoms with Gasteiger partial charge in [0, 0.05) is 30.8 Å². The van der Waals surface area contributed by atoms with Crippen LogP contribution >= 0.6 is 0 Å². The van der Waals surface area contributed by atoms with Crippen molar-refractivity contribution >= 4 is 29.3 Å². The summed E-state index contributed by atoms with van der Waals surface area (Å²) in [5.41, 5.74) is 5.35. The number of rotatable bonds is 5. The number of aromatic hydroxyl groups is 1. The number of carbonyl (C=O) groups excluding carboxylic acids is 3. The highest BCUT2D eigenvalue weighted by molar-refractivity contribution is 5.97. The third-order valence-electron chi connectivity index (χ3n) is 7.83. The first-order valence-corrected chi connectivity index (χ1v) is 16.4. The first kappa shape index (κ1) is 35.0. The minimum absolute atomic E-state index is 0.0735. The van der Waals surface area contributed by atoms with E-state index < -0.39 is 11.2 Å². The van der Waals surface area contributed by atoms with Crippen LogP contribution in [0.5, 0.6) is 11.5 Å². The van der Waals surface area contributed by atoms with Gasteiger partial charge in [0.1, 0.15) is 22.7 Å². The van der Waals surface area contributed by atoms with Crippen LogP contribution in [0.25, 0.3) is 11.1 Å². The van der Waals surface area contributed by atoms with Crippen LogP contribution < -0.4 is 14.5 Å². The predicted molar refractivity (Wildman–Crippen MR) is 191 cm³/mol. The van der Waals surface area contributed by atoms with Gasteiger partial charge in [-0.25, -0.2) is 9.59 Å². The number of anilines is 2. The monoisotopic (exact) mass is 664 g/mol. The molecule has 9 heteroatoms. The van der Waals surface area contributed by atoms with E-state index in [1.54, 1.807) is 28.0 Å². The average Bonchev–Trinajstić information content (AvgIpc) is 3.67. The molecule has 49 heavy (non-hydrogen) atoms. The lowest BCUT2D eigenvalue weighted by Crippen LogP contribution is -2.35. The van der Waals surface area contributed by atoms with Gasteiger partial charge in [-0.3, -0.25) is 14.6 Å². The van der Waals surface area contributed by atoms with Gasteiger partial charge in [0.25, 0.3) is 0 Å². The van der Waals surface area contributed by atoms with E-state index in [0.717, 1.165) is 46.5 Å². The fourth-order valence-electron chi connectivity index (χ4n) is 5.54. The number of nitrogens with zero attached hydrogens (tertiary/aromatic N) is 2. The molecular weight excluding hydrogens is 620 g/mol. The minimum Gasteiger partial charge on any atom is -0.508 e. The number of carbonyl (C=O) groups is 3. The Kier molecular flexibility index (Phi) is 10.3. The van der Waals surface area contributed by atoms with Crippen LogP contribution in [0.2, 0.25) is 0 Å². The molecule has 6 rings (SSSR count). The second kappa shape index (κ2) is 14.4. The Labute approximate surface area is 288 Å². The van der Waals surface area contributed by atoms with Crippen molar-refractivity contribution in [3.8, 4) is 22.6 Å². The van der Waals surface area contributed by atoms with Crippen LogP contribution in [0.3, 0.4) is 0 Å². The van der Waals surface area contributed by atoms with Gasteiger partial charge < -0.3 is 19.3 Å². The topological polar surface area (TPSA) is 106 Å². The SMILES string of the molecule is CC(C)(C)OC(=O)N1CCc2ccc(O)cc21.CC(C)(C)OC(=O)N1CCc2ccc(OCC(=O)c3ccc(-c4ccccc4)cc3)cc21. The van der Waals surface area contributed by atoms with E-state index in [1.807, 2.05) is 114 Å². The summed E-state index contributed by atoms with van der Waals surface area (Å²) in [5, 5.41) is 9.45. The highest BCUT2D eigenvalue weighted by atomic mass is 16.6. The van der Waals surface area contributed by atoms with Crippen molar-refractivity contribution in [1.29, 1.82) is 0 Å². The number of amides is 2. The molecule has 4 aromatic rings. The minimum atomic E-state index is -0.559. The Balaban J connectivity index is 0.000000232. The molecule has 0 aromatic heterocycles. The van der Waals surface area contributed by atoms with Gasteiger partial charge in [-0.05, 0) is 88.8 Å². The summed E-state index contributed by atoms with van der Waals surface area (Å²) < 4.78 is 16.6. The van der Waals surface area contributed by atoms with Gasteiger partial charge in [0.2, 0.25) is 0 Å². The molecule has 0 atom stereocenters. The lowest BCUT2D eigenvalue weighted by molar-refractivity contribution is 0.0573. The summed E-state index contributed by atoms with van der Waals surface area (Å²) in [7, 11) is 0. The molecule has 0 spiro atoms. The smallest absolute Gasteiger partial charge is 0.414 e. The molecule has 2 aliphatic rings. The molecule has 0 unspecified atom stereocenters. The largest absolute Gasteiger partial charge is 0.508 e. The fourth-order valence-corrected chi connectivity index (χ4v) is 5.54. The molecule has 0 radical (unpaired) electrons. The highest BCUT2D eigenvalue weighted by Crippen LogP contribution is 2.34. The van der Waals surface area contributed by atoms with Crippen molar-refractivity contribution in [2.45, 2.75) is 65.6 Å². The number of fused-ring (bicyclic) bond motifs is 2. The maximum atomic E-state index is 12.6. The molecular formula is C40H44N2O7. The Hall–Kier alpha value is -5.31. The molecule has 0 bridgehead atoms. The molecule has 0 saturated carbocycles. The number of phenols is 1. The van der Waals surface area contributed by atoms with Crippen LogP contribution in [0.4, 0.5) is 21.0 Å². The number of ketones is 1. The van der Waals surface area contributed by atoms with Crippen LogP contribution in [-0.2, 0) is 22.3 Å². The number of phenolic OH excluding ortho intramolecular Hbond substituents is 1. The molecule has 2 heterocycles. The maximum Gasteiger partial charge on any atom is 0.414 e. The van der Waals surface area contributed by atoms with Gasteiger partial charge in [0.05, 0.1) is 11.4 Å². The molecule has 0 saturated heterocycles. The summed E-state index contributed by atoms with van der Waals surface area (Å²) in [6.45, 7) is 12.2. The number of hydrogen-bond donors (Lipinski definition) is 1. The third kappa shape index (κ3) is 9.19. The summed E-state index contributed by atoms with van der Waals surface area (Å²) in [6.07, 6.45) is 0.834. The van der Waals surface area contributed by atoms with Crippen molar-refractivity contribution < 1.29 is 33.7 Å².